The van der Waals surface area contributed by atoms with E-state index in [1.165, 1.54) is 16.7 Å². The summed E-state index contributed by atoms with van der Waals surface area (Å²) in [5.74, 6) is 1.47. The van der Waals surface area contributed by atoms with Crippen molar-refractivity contribution in [2.45, 2.75) is 33.3 Å². The molecular formula is C17H19BrO. The first-order valence-electron chi connectivity index (χ1n) is 6.54. The zero-order chi connectivity index (χ0) is 13.8. The molecule has 0 bridgehead atoms. The van der Waals surface area contributed by atoms with Crippen LogP contribution < -0.4 is 4.74 Å². The molecule has 0 N–H and O–H groups in total. The maximum Gasteiger partial charge on any atom is 0.123 e. The highest BCUT2D eigenvalue weighted by Gasteiger charge is 2.08. The Morgan fingerprint density at radius 2 is 1.89 bits per heavy atom. The minimum Gasteiger partial charge on any atom is -0.489 e. The molecule has 0 aliphatic carbocycles. The SMILES string of the molecule is Cc1ccc(C(C)C)c(OCc2cccc(Br)c2)c1. The molecule has 0 amide bonds. The molecule has 2 rings (SSSR count). The molecule has 0 aliphatic rings. The average molecular weight is 319 g/mol. The fourth-order valence-electron chi connectivity index (χ4n) is 2.03. The van der Waals surface area contributed by atoms with E-state index in [1.54, 1.807) is 0 Å². The molecule has 2 aromatic rings. The van der Waals surface area contributed by atoms with Crippen molar-refractivity contribution in [2.75, 3.05) is 0 Å². The van der Waals surface area contributed by atoms with Crippen LogP contribution in [0.25, 0.3) is 0 Å². The van der Waals surface area contributed by atoms with E-state index in [-0.39, 0.29) is 0 Å². The van der Waals surface area contributed by atoms with Crippen LogP contribution in [-0.4, -0.2) is 0 Å². The van der Waals surface area contributed by atoms with Crippen molar-refractivity contribution in [1.29, 1.82) is 0 Å². The summed E-state index contributed by atoms with van der Waals surface area (Å²) in [6, 6.07) is 14.6. The number of aryl methyl sites for hydroxylation is 1. The van der Waals surface area contributed by atoms with Crippen LogP contribution in [0.1, 0.15) is 36.5 Å². The van der Waals surface area contributed by atoms with Gasteiger partial charge in [0, 0.05) is 4.47 Å². The molecule has 0 aliphatic heterocycles. The molecule has 0 radical (unpaired) electrons. The molecule has 0 heterocycles. The van der Waals surface area contributed by atoms with E-state index in [1.807, 2.05) is 12.1 Å². The van der Waals surface area contributed by atoms with Crippen molar-refractivity contribution in [3.63, 3.8) is 0 Å². The van der Waals surface area contributed by atoms with Crippen LogP contribution in [0.3, 0.4) is 0 Å². The van der Waals surface area contributed by atoms with Gasteiger partial charge in [-0.15, -0.1) is 0 Å². The van der Waals surface area contributed by atoms with Crippen molar-refractivity contribution in [3.05, 3.63) is 63.6 Å². The van der Waals surface area contributed by atoms with E-state index in [0.717, 1.165) is 10.2 Å². The summed E-state index contributed by atoms with van der Waals surface area (Å²) in [7, 11) is 0. The van der Waals surface area contributed by atoms with E-state index < -0.39 is 0 Å². The normalized spacial score (nSPS) is 10.8. The monoisotopic (exact) mass is 318 g/mol. The van der Waals surface area contributed by atoms with E-state index >= 15 is 0 Å². The zero-order valence-corrected chi connectivity index (χ0v) is 13.2. The maximum atomic E-state index is 6.00. The quantitative estimate of drug-likeness (QED) is 0.727. The molecule has 0 fully saturated rings. The molecule has 0 aromatic heterocycles. The number of ether oxygens (including phenoxy) is 1. The Balaban J connectivity index is 2.17. The average Bonchev–Trinajstić information content (AvgIpc) is 2.36. The highest BCUT2D eigenvalue weighted by molar-refractivity contribution is 9.10. The summed E-state index contributed by atoms with van der Waals surface area (Å²) in [5.41, 5.74) is 3.67. The Labute approximate surface area is 123 Å². The molecule has 19 heavy (non-hydrogen) atoms. The zero-order valence-electron chi connectivity index (χ0n) is 11.6. The second-order valence-corrected chi connectivity index (χ2v) is 6.03. The van der Waals surface area contributed by atoms with Crippen LogP contribution in [0.15, 0.2) is 46.9 Å². The lowest BCUT2D eigenvalue weighted by atomic mass is 10.0. The Kier molecular flexibility index (Phi) is 4.65. The third-order valence-electron chi connectivity index (χ3n) is 3.07. The Bertz CT molecular complexity index is 561. The second kappa shape index (κ2) is 6.25. The maximum absolute atomic E-state index is 6.00. The van der Waals surface area contributed by atoms with Crippen molar-refractivity contribution >= 4 is 15.9 Å². The summed E-state index contributed by atoms with van der Waals surface area (Å²) in [4.78, 5) is 0. The summed E-state index contributed by atoms with van der Waals surface area (Å²) < 4.78 is 7.08. The van der Waals surface area contributed by atoms with Crippen molar-refractivity contribution in [2.24, 2.45) is 0 Å². The fraction of sp³-hybridized carbons (Fsp3) is 0.294. The fourth-order valence-corrected chi connectivity index (χ4v) is 2.48. The Morgan fingerprint density at radius 3 is 2.58 bits per heavy atom. The van der Waals surface area contributed by atoms with Gasteiger partial charge in [0.15, 0.2) is 0 Å². The number of rotatable bonds is 4. The van der Waals surface area contributed by atoms with E-state index in [9.17, 15) is 0 Å². The van der Waals surface area contributed by atoms with Gasteiger partial charge in [-0.25, -0.2) is 0 Å². The van der Waals surface area contributed by atoms with Gasteiger partial charge in [0.2, 0.25) is 0 Å². The largest absolute Gasteiger partial charge is 0.489 e. The minimum atomic E-state index is 0.470. The van der Waals surface area contributed by atoms with Crippen LogP contribution in [0.4, 0.5) is 0 Å². The van der Waals surface area contributed by atoms with E-state index in [4.69, 9.17) is 4.74 Å². The lowest BCUT2D eigenvalue weighted by molar-refractivity contribution is 0.301. The summed E-state index contributed by atoms with van der Waals surface area (Å²) in [6.45, 7) is 7.08. The van der Waals surface area contributed by atoms with Crippen LogP contribution >= 0.6 is 15.9 Å². The van der Waals surface area contributed by atoms with Gasteiger partial charge in [-0.3, -0.25) is 0 Å². The topological polar surface area (TPSA) is 9.23 Å². The molecule has 1 nitrogen and oxygen atoms in total. The molecule has 100 valence electrons. The summed E-state index contributed by atoms with van der Waals surface area (Å²) in [5, 5.41) is 0. The first-order valence-corrected chi connectivity index (χ1v) is 7.33. The predicted molar refractivity (Wildman–Crippen MR) is 83.7 cm³/mol. The van der Waals surface area contributed by atoms with Crippen LogP contribution in [0.2, 0.25) is 0 Å². The smallest absolute Gasteiger partial charge is 0.123 e. The van der Waals surface area contributed by atoms with Gasteiger partial charge in [-0.05, 0) is 47.7 Å². The first kappa shape index (κ1) is 14.1. The minimum absolute atomic E-state index is 0.470. The van der Waals surface area contributed by atoms with E-state index in [2.05, 4.69) is 67.0 Å². The Morgan fingerprint density at radius 1 is 1.11 bits per heavy atom. The van der Waals surface area contributed by atoms with Crippen molar-refractivity contribution in [3.8, 4) is 5.75 Å². The van der Waals surface area contributed by atoms with Gasteiger partial charge < -0.3 is 4.74 Å². The standard InChI is InChI=1S/C17H19BrO/c1-12(2)16-8-7-13(3)9-17(16)19-11-14-5-4-6-15(18)10-14/h4-10,12H,11H2,1-3H3. The number of benzene rings is 2. The number of halogens is 1. The van der Waals surface area contributed by atoms with Gasteiger partial charge >= 0.3 is 0 Å². The molecule has 0 saturated carbocycles. The highest BCUT2D eigenvalue weighted by atomic mass is 79.9. The van der Waals surface area contributed by atoms with Crippen LogP contribution in [0.5, 0.6) is 5.75 Å². The third-order valence-corrected chi connectivity index (χ3v) is 3.57. The van der Waals surface area contributed by atoms with Crippen molar-refractivity contribution < 1.29 is 4.74 Å². The van der Waals surface area contributed by atoms with Gasteiger partial charge in [0.1, 0.15) is 12.4 Å². The van der Waals surface area contributed by atoms with Gasteiger partial charge in [0.25, 0.3) is 0 Å². The van der Waals surface area contributed by atoms with Crippen molar-refractivity contribution in [1.82, 2.24) is 0 Å². The van der Waals surface area contributed by atoms with Gasteiger partial charge in [-0.2, -0.15) is 0 Å². The molecule has 2 aromatic carbocycles. The number of hydrogen-bond donors (Lipinski definition) is 0. The summed E-state index contributed by atoms with van der Waals surface area (Å²) in [6.07, 6.45) is 0. The molecule has 0 atom stereocenters. The second-order valence-electron chi connectivity index (χ2n) is 5.11. The van der Waals surface area contributed by atoms with Gasteiger partial charge in [0.05, 0.1) is 0 Å². The lowest BCUT2D eigenvalue weighted by Gasteiger charge is -2.15. The molecule has 0 spiro atoms. The Hall–Kier alpha value is -1.28. The molecule has 2 heteroatoms. The van der Waals surface area contributed by atoms with Crippen LogP contribution in [-0.2, 0) is 6.61 Å². The molecular weight excluding hydrogens is 300 g/mol. The van der Waals surface area contributed by atoms with Crippen LogP contribution in [0, 0.1) is 6.92 Å². The lowest BCUT2D eigenvalue weighted by Crippen LogP contribution is -2.00. The highest BCUT2D eigenvalue weighted by Crippen LogP contribution is 2.28. The first-order chi connectivity index (χ1) is 9.06. The van der Waals surface area contributed by atoms with Gasteiger partial charge in [-0.1, -0.05) is 54.0 Å². The van der Waals surface area contributed by atoms with E-state index in [0.29, 0.717) is 12.5 Å². The summed E-state index contributed by atoms with van der Waals surface area (Å²) >= 11 is 3.48. The predicted octanol–water partition coefficient (Wildman–Crippen LogP) is 5.46. The third kappa shape index (κ3) is 3.84. The molecule has 0 saturated heterocycles. The number of hydrogen-bond acceptors (Lipinski definition) is 1. The molecule has 0 unspecified atom stereocenters.